The topological polar surface area (TPSA) is 146 Å². The smallest absolute Gasteiger partial charge is 0.248 e. The summed E-state index contributed by atoms with van der Waals surface area (Å²) in [7, 11) is 0. The van der Waals surface area contributed by atoms with Crippen LogP contribution in [0.3, 0.4) is 0 Å². The normalized spacial score (nSPS) is 14.2. The van der Waals surface area contributed by atoms with Gasteiger partial charge < -0.3 is 10.2 Å². The molecule has 4 rings (SSSR count). The van der Waals surface area contributed by atoms with Crippen molar-refractivity contribution in [2.24, 2.45) is 5.22 Å². The number of aromatic nitrogens is 1. The largest absolute Gasteiger partial charge is 0.319 e. The van der Waals surface area contributed by atoms with Gasteiger partial charge in [-0.3, -0.25) is 24.7 Å². The molecule has 11 nitrogen and oxygen atoms in total. The van der Waals surface area contributed by atoms with E-state index in [9.17, 15) is 18.8 Å². The maximum atomic E-state index is 13.7. The molecule has 1 fully saturated rings. The van der Waals surface area contributed by atoms with Crippen molar-refractivity contribution in [1.82, 2.24) is 9.88 Å². The average Bonchev–Trinajstić information content (AvgIpc) is 2.90. The number of piperazine rings is 1. The molecule has 1 unspecified atom stereocenters. The van der Waals surface area contributed by atoms with Crippen LogP contribution in [-0.4, -0.2) is 53.1 Å². The first-order valence-corrected chi connectivity index (χ1v) is 11.7. The zero-order valence-corrected chi connectivity index (χ0v) is 20.6. The predicted molar refractivity (Wildman–Crippen MR) is 139 cm³/mol. The summed E-state index contributed by atoms with van der Waals surface area (Å²) in [5, 5.41) is 14.5. The quantitative estimate of drug-likeness (QED) is 0.165. The Kier molecular flexibility index (Phi) is 8.02. The summed E-state index contributed by atoms with van der Waals surface area (Å²) in [6.45, 7) is -0.859. The van der Waals surface area contributed by atoms with E-state index in [4.69, 9.17) is 22.5 Å². The van der Waals surface area contributed by atoms with Crippen LogP contribution in [0.2, 0.25) is 5.02 Å². The van der Waals surface area contributed by atoms with E-state index in [1.165, 1.54) is 34.2 Å². The summed E-state index contributed by atoms with van der Waals surface area (Å²) in [6, 6.07) is 14.5. The van der Waals surface area contributed by atoms with Gasteiger partial charge in [-0.15, -0.1) is 0 Å². The maximum absolute atomic E-state index is 13.7. The van der Waals surface area contributed by atoms with Gasteiger partial charge in [-0.25, -0.2) is 14.4 Å². The van der Waals surface area contributed by atoms with Gasteiger partial charge in [-0.2, -0.15) is 5.53 Å². The number of halogens is 2. The van der Waals surface area contributed by atoms with E-state index in [2.05, 4.69) is 15.5 Å². The Hall–Kier alpha value is -4.71. The first kappa shape index (κ1) is 26.4. The summed E-state index contributed by atoms with van der Waals surface area (Å²) in [6.07, 6.45) is 2.08. The van der Waals surface area contributed by atoms with Gasteiger partial charge in [0.05, 0.1) is 11.4 Å². The highest BCUT2D eigenvalue weighted by Gasteiger charge is 2.39. The van der Waals surface area contributed by atoms with E-state index < -0.39 is 42.7 Å². The number of hydrogen-bond acceptors (Lipinski definition) is 7. The van der Waals surface area contributed by atoms with Gasteiger partial charge in [-0.05, 0) is 29.8 Å². The number of anilines is 3. The van der Waals surface area contributed by atoms with Gasteiger partial charge in [0.2, 0.25) is 17.7 Å². The summed E-state index contributed by atoms with van der Waals surface area (Å²) < 4.78 is 13.7. The van der Waals surface area contributed by atoms with Crippen molar-refractivity contribution in [1.29, 1.82) is 10.9 Å². The number of pyridine rings is 1. The number of benzene rings is 2. The molecule has 2 heterocycles. The summed E-state index contributed by atoms with van der Waals surface area (Å²) >= 11 is 6.14. The third-order valence-electron chi connectivity index (χ3n) is 5.85. The van der Waals surface area contributed by atoms with E-state index in [1.54, 1.807) is 24.3 Å². The molecule has 2 aromatic carbocycles. The molecule has 0 saturated carbocycles. The molecule has 194 valence electrons. The third-order valence-corrected chi connectivity index (χ3v) is 6.08. The Morgan fingerprint density at radius 2 is 1.92 bits per heavy atom. The minimum Gasteiger partial charge on any atom is -0.319 e. The fourth-order valence-corrected chi connectivity index (χ4v) is 4.23. The predicted octanol–water partition coefficient (Wildman–Crippen LogP) is 3.66. The summed E-state index contributed by atoms with van der Waals surface area (Å²) in [5.41, 5.74) is 8.44. The van der Waals surface area contributed by atoms with E-state index >= 15 is 0 Å². The van der Waals surface area contributed by atoms with Gasteiger partial charge >= 0.3 is 0 Å². The molecule has 0 spiro atoms. The Morgan fingerprint density at radius 3 is 2.61 bits per heavy atom. The van der Waals surface area contributed by atoms with Crippen LogP contribution in [0.5, 0.6) is 0 Å². The average molecular weight is 537 g/mol. The van der Waals surface area contributed by atoms with E-state index in [0.717, 1.165) is 29.0 Å². The fourth-order valence-electron chi connectivity index (χ4n) is 4.06. The number of nitrogens with one attached hydrogen (secondary N) is 3. The van der Waals surface area contributed by atoms with Crippen LogP contribution in [0.15, 0.2) is 72.1 Å². The van der Waals surface area contributed by atoms with E-state index in [0.29, 0.717) is 0 Å². The van der Waals surface area contributed by atoms with Crippen molar-refractivity contribution in [2.75, 3.05) is 28.3 Å². The van der Waals surface area contributed by atoms with Crippen LogP contribution in [0.1, 0.15) is 5.56 Å². The van der Waals surface area contributed by atoms with Gasteiger partial charge in [-0.1, -0.05) is 47.2 Å². The molecule has 0 bridgehead atoms. The molecular weight excluding hydrogens is 515 g/mol. The molecule has 0 aliphatic carbocycles. The number of rotatable bonds is 9. The summed E-state index contributed by atoms with van der Waals surface area (Å²) in [5.74, 6) is -2.29. The number of nitrogens with zero attached hydrogens (tertiary/aromatic N) is 5. The van der Waals surface area contributed by atoms with Gasteiger partial charge in [0.15, 0.2) is 0 Å². The standard InChI is InChI=1S/C25H22ClFN8O3/c26-17-6-7-19(35(15-28)32-29)20(11-17)33-13-24(37)34(14-23(33)36)21(10-16-4-2-1-3-5-16)25(38)31-22-12-18(27)8-9-30-22/h1-9,11-12,15,21,28-29H,10,13-14H2,(H,30,31,38). The Bertz CT molecular complexity index is 1380. The number of amides is 3. The highest BCUT2D eigenvalue weighted by Crippen LogP contribution is 2.33. The van der Waals surface area contributed by atoms with Crippen LogP contribution in [0.25, 0.3) is 0 Å². The number of carbonyl (C=O) groups excluding carboxylic acids is 3. The molecule has 1 aliphatic rings. The molecule has 1 atom stereocenters. The van der Waals surface area contributed by atoms with Crippen molar-refractivity contribution in [3.63, 3.8) is 0 Å². The molecule has 0 radical (unpaired) electrons. The lowest BCUT2D eigenvalue weighted by Gasteiger charge is -2.38. The molecule has 3 amide bonds. The van der Waals surface area contributed by atoms with E-state index in [1.807, 2.05) is 6.07 Å². The number of hydrogen-bond donors (Lipinski definition) is 3. The molecule has 1 aromatic heterocycles. The fraction of sp³-hybridized carbons (Fsp3) is 0.160. The van der Waals surface area contributed by atoms with Gasteiger partial charge in [0, 0.05) is 23.7 Å². The Balaban J connectivity index is 1.64. The summed E-state index contributed by atoms with van der Waals surface area (Å²) in [4.78, 5) is 46.3. The monoisotopic (exact) mass is 536 g/mol. The molecule has 38 heavy (non-hydrogen) atoms. The zero-order chi connectivity index (χ0) is 27.2. The molecular formula is C25H22ClFN8O3. The van der Waals surface area contributed by atoms with Gasteiger partial charge in [0.25, 0.3) is 0 Å². The van der Waals surface area contributed by atoms with Crippen LogP contribution in [0.4, 0.5) is 21.6 Å². The SMILES string of the molecule is N=CN(N=N)c1ccc(Cl)cc1N1CC(=O)N(C(Cc2ccccc2)C(=O)Nc2cc(F)ccn2)CC1=O. The van der Waals surface area contributed by atoms with Crippen LogP contribution in [0, 0.1) is 16.8 Å². The van der Waals surface area contributed by atoms with Crippen molar-refractivity contribution < 1.29 is 18.8 Å². The van der Waals surface area contributed by atoms with Crippen LogP contribution < -0.4 is 15.2 Å². The second kappa shape index (κ2) is 11.6. The molecule has 1 aliphatic heterocycles. The Morgan fingerprint density at radius 1 is 1.16 bits per heavy atom. The maximum Gasteiger partial charge on any atom is 0.248 e. The zero-order valence-electron chi connectivity index (χ0n) is 19.8. The Labute approximate surface area is 221 Å². The molecule has 13 heteroatoms. The van der Waals surface area contributed by atoms with Crippen molar-refractivity contribution in [3.05, 3.63) is 83.3 Å². The van der Waals surface area contributed by atoms with Crippen LogP contribution >= 0.6 is 11.6 Å². The minimum atomic E-state index is -1.10. The van der Waals surface area contributed by atoms with Crippen molar-refractivity contribution >= 4 is 52.9 Å². The van der Waals surface area contributed by atoms with Crippen LogP contribution in [-0.2, 0) is 20.8 Å². The third kappa shape index (κ3) is 5.81. The lowest BCUT2D eigenvalue weighted by Crippen LogP contribution is -2.60. The van der Waals surface area contributed by atoms with Gasteiger partial charge in [0.1, 0.15) is 37.1 Å². The lowest BCUT2D eigenvalue weighted by molar-refractivity contribution is -0.143. The second-order valence-electron chi connectivity index (χ2n) is 8.26. The van der Waals surface area contributed by atoms with Crippen molar-refractivity contribution in [2.45, 2.75) is 12.5 Å². The lowest BCUT2D eigenvalue weighted by atomic mass is 10.0. The van der Waals surface area contributed by atoms with Crippen molar-refractivity contribution in [3.8, 4) is 0 Å². The highest BCUT2D eigenvalue weighted by atomic mass is 35.5. The minimum absolute atomic E-state index is 0.0279. The number of carbonyl (C=O) groups is 3. The molecule has 3 aromatic rings. The first-order valence-electron chi connectivity index (χ1n) is 11.3. The second-order valence-corrected chi connectivity index (χ2v) is 8.70. The highest BCUT2D eigenvalue weighted by molar-refractivity contribution is 6.31. The first-order chi connectivity index (χ1) is 18.3. The molecule has 1 saturated heterocycles. The molecule has 3 N–H and O–H groups in total. The van der Waals surface area contributed by atoms with E-state index in [-0.39, 0.29) is 28.6 Å².